The lowest BCUT2D eigenvalue weighted by molar-refractivity contribution is -0.150. The van der Waals surface area contributed by atoms with Crippen LogP contribution in [0.4, 0.5) is 0 Å². The summed E-state index contributed by atoms with van der Waals surface area (Å²) in [4.78, 5) is 11.1. The van der Waals surface area contributed by atoms with Gasteiger partial charge >= 0.3 is 5.97 Å². The van der Waals surface area contributed by atoms with Crippen LogP contribution in [-0.2, 0) is 16.0 Å². The van der Waals surface area contributed by atoms with Crippen molar-refractivity contribution in [3.63, 3.8) is 0 Å². The fourth-order valence-electron chi connectivity index (χ4n) is 1.67. The number of carbonyl (C=O) groups is 1. The summed E-state index contributed by atoms with van der Waals surface area (Å²) in [5.74, 6) is -0.555. The lowest BCUT2D eigenvalue weighted by Gasteiger charge is -2.16. The molecule has 1 aromatic carbocycles. The molecule has 0 aliphatic carbocycles. The predicted octanol–water partition coefficient (Wildman–Crippen LogP) is 2.97. The molecular weight excluding hydrogens is 228 g/mol. The smallest absolute Gasteiger partial charge is 0.333 e. The van der Waals surface area contributed by atoms with E-state index in [1.54, 1.807) is 0 Å². The molecule has 3 nitrogen and oxygen atoms in total. The molecule has 0 aliphatic heterocycles. The van der Waals surface area contributed by atoms with Gasteiger partial charge in [0.1, 0.15) is 0 Å². The van der Waals surface area contributed by atoms with Crippen molar-refractivity contribution in [2.45, 2.75) is 40.2 Å². The number of carboxylic acid groups (broad SMARTS) is 1. The molecule has 3 heteroatoms. The number of hydrogen-bond donors (Lipinski definition) is 1. The summed E-state index contributed by atoms with van der Waals surface area (Å²) in [6, 6.07) is 6.02. The van der Waals surface area contributed by atoms with Crippen LogP contribution in [0.2, 0.25) is 0 Å². The second kappa shape index (κ2) is 6.55. The molecule has 1 aromatic rings. The number of rotatable bonds is 6. The van der Waals surface area contributed by atoms with E-state index < -0.39 is 12.1 Å². The minimum Gasteiger partial charge on any atom is -0.479 e. The maximum atomic E-state index is 11.1. The molecule has 1 unspecified atom stereocenters. The lowest BCUT2D eigenvalue weighted by atomic mass is 10.0. The van der Waals surface area contributed by atoms with Crippen LogP contribution in [0.25, 0.3) is 0 Å². The van der Waals surface area contributed by atoms with E-state index in [4.69, 9.17) is 9.84 Å². The van der Waals surface area contributed by atoms with Gasteiger partial charge in [-0.25, -0.2) is 4.79 Å². The molecule has 1 rings (SSSR count). The highest BCUT2D eigenvalue weighted by molar-refractivity contribution is 5.72. The zero-order chi connectivity index (χ0) is 13.7. The molecular formula is C15H22O3. The lowest BCUT2D eigenvalue weighted by Crippen LogP contribution is -2.28. The minimum absolute atomic E-state index is 0.339. The monoisotopic (exact) mass is 250 g/mol. The van der Waals surface area contributed by atoms with Gasteiger partial charge in [-0.2, -0.15) is 0 Å². The van der Waals surface area contributed by atoms with Gasteiger partial charge in [-0.15, -0.1) is 0 Å². The second-order valence-corrected chi connectivity index (χ2v) is 5.18. The summed E-state index contributed by atoms with van der Waals surface area (Å²) < 4.78 is 5.44. The van der Waals surface area contributed by atoms with E-state index in [0.29, 0.717) is 18.9 Å². The first-order valence-corrected chi connectivity index (χ1v) is 6.30. The first-order valence-electron chi connectivity index (χ1n) is 6.30. The Balaban J connectivity index is 2.70. The van der Waals surface area contributed by atoms with Crippen LogP contribution in [0.15, 0.2) is 18.2 Å². The number of hydrogen-bond acceptors (Lipinski definition) is 2. The van der Waals surface area contributed by atoms with Gasteiger partial charge in [-0.05, 0) is 36.5 Å². The van der Waals surface area contributed by atoms with Crippen LogP contribution >= 0.6 is 0 Å². The SMILES string of the molecule is Cc1ccc(CC(OCC(C)C)C(=O)O)cc1C. The van der Waals surface area contributed by atoms with Crippen molar-refractivity contribution < 1.29 is 14.6 Å². The van der Waals surface area contributed by atoms with Crippen molar-refractivity contribution in [3.8, 4) is 0 Å². The van der Waals surface area contributed by atoms with Crippen molar-refractivity contribution in [3.05, 3.63) is 34.9 Å². The minimum atomic E-state index is -0.895. The first kappa shape index (κ1) is 14.7. The molecule has 1 N–H and O–H groups in total. The Morgan fingerprint density at radius 3 is 2.44 bits per heavy atom. The van der Waals surface area contributed by atoms with E-state index >= 15 is 0 Å². The fourth-order valence-corrected chi connectivity index (χ4v) is 1.67. The number of carboxylic acids is 1. The van der Waals surface area contributed by atoms with Gasteiger partial charge < -0.3 is 9.84 Å². The molecule has 0 spiro atoms. The Labute approximate surface area is 109 Å². The van der Waals surface area contributed by atoms with E-state index in [9.17, 15) is 4.79 Å². The molecule has 0 bridgehead atoms. The van der Waals surface area contributed by atoms with Crippen molar-refractivity contribution in [2.24, 2.45) is 5.92 Å². The Morgan fingerprint density at radius 2 is 1.94 bits per heavy atom. The van der Waals surface area contributed by atoms with Gasteiger partial charge in [-0.3, -0.25) is 0 Å². The van der Waals surface area contributed by atoms with Crippen LogP contribution in [-0.4, -0.2) is 23.8 Å². The zero-order valence-corrected chi connectivity index (χ0v) is 11.6. The number of benzene rings is 1. The summed E-state index contributed by atoms with van der Waals surface area (Å²) in [6.07, 6.45) is -0.335. The summed E-state index contributed by atoms with van der Waals surface area (Å²) in [5.41, 5.74) is 3.41. The number of aryl methyl sites for hydroxylation is 2. The first-order chi connectivity index (χ1) is 8.40. The normalized spacial score (nSPS) is 12.7. The fraction of sp³-hybridized carbons (Fsp3) is 0.533. The van der Waals surface area contributed by atoms with Gasteiger partial charge in [0.2, 0.25) is 0 Å². The van der Waals surface area contributed by atoms with Gasteiger partial charge in [0.25, 0.3) is 0 Å². The Kier molecular flexibility index (Phi) is 5.35. The Hall–Kier alpha value is -1.35. The summed E-state index contributed by atoms with van der Waals surface area (Å²) in [6.45, 7) is 8.57. The van der Waals surface area contributed by atoms with E-state index in [-0.39, 0.29) is 0 Å². The van der Waals surface area contributed by atoms with Crippen molar-refractivity contribution >= 4 is 5.97 Å². The van der Waals surface area contributed by atoms with Gasteiger partial charge in [0.05, 0.1) is 6.61 Å². The average Bonchev–Trinajstić information content (AvgIpc) is 2.28. The molecule has 0 fully saturated rings. The van der Waals surface area contributed by atoms with Gasteiger partial charge in [0.15, 0.2) is 6.10 Å². The van der Waals surface area contributed by atoms with Crippen molar-refractivity contribution in [1.29, 1.82) is 0 Å². The number of aliphatic carboxylic acids is 1. The Bertz CT molecular complexity index is 410. The molecule has 0 heterocycles. The second-order valence-electron chi connectivity index (χ2n) is 5.18. The van der Waals surface area contributed by atoms with Gasteiger partial charge in [0, 0.05) is 6.42 Å². The molecule has 0 saturated heterocycles. The third-order valence-corrected chi connectivity index (χ3v) is 2.90. The molecule has 1 atom stereocenters. The van der Waals surface area contributed by atoms with Crippen molar-refractivity contribution in [1.82, 2.24) is 0 Å². The molecule has 0 amide bonds. The van der Waals surface area contributed by atoms with E-state index in [1.165, 1.54) is 11.1 Å². The highest BCUT2D eigenvalue weighted by atomic mass is 16.5. The van der Waals surface area contributed by atoms with Crippen LogP contribution in [0.5, 0.6) is 0 Å². The number of ether oxygens (including phenoxy) is 1. The molecule has 100 valence electrons. The maximum absolute atomic E-state index is 11.1. The van der Waals surface area contributed by atoms with E-state index in [0.717, 1.165) is 5.56 Å². The summed E-state index contributed by atoms with van der Waals surface area (Å²) >= 11 is 0. The van der Waals surface area contributed by atoms with Crippen LogP contribution in [0.1, 0.15) is 30.5 Å². The zero-order valence-electron chi connectivity index (χ0n) is 11.6. The summed E-state index contributed by atoms with van der Waals surface area (Å²) in [5, 5.41) is 9.15. The van der Waals surface area contributed by atoms with Gasteiger partial charge in [-0.1, -0.05) is 32.0 Å². The summed E-state index contributed by atoms with van der Waals surface area (Å²) in [7, 11) is 0. The molecule has 18 heavy (non-hydrogen) atoms. The van der Waals surface area contributed by atoms with Crippen LogP contribution < -0.4 is 0 Å². The Morgan fingerprint density at radius 1 is 1.28 bits per heavy atom. The maximum Gasteiger partial charge on any atom is 0.333 e. The highest BCUT2D eigenvalue weighted by Gasteiger charge is 2.19. The standard InChI is InChI=1S/C15H22O3/c1-10(2)9-18-14(15(16)17)8-13-6-5-11(3)12(4)7-13/h5-7,10,14H,8-9H2,1-4H3,(H,16,17). The molecule has 0 aliphatic rings. The highest BCUT2D eigenvalue weighted by Crippen LogP contribution is 2.13. The third-order valence-electron chi connectivity index (χ3n) is 2.90. The van der Waals surface area contributed by atoms with E-state index in [1.807, 2.05) is 45.9 Å². The molecule has 0 radical (unpaired) electrons. The van der Waals surface area contributed by atoms with E-state index in [2.05, 4.69) is 0 Å². The third kappa shape index (κ3) is 4.49. The predicted molar refractivity (Wildman–Crippen MR) is 71.8 cm³/mol. The largest absolute Gasteiger partial charge is 0.479 e. The van der Waals surface area contributed by atoms with Crippen molar-refractivity contribution in [2.75, 3.05) is 6.61 Å². The topological polar surface area (TPSA) is 46.5 Å². The quantitative estimate of drug-likeness (QED) is 0.844. The molecule has 0 saturated carbocycles. The molecule has 0 aromatic heterocycles. The van der Waals surface area contributed by atoms with Crippen LogP contribution in [0.3, 0.4) is 0 Å². The average molecular weight is 250 g/mol. The van der Waals surface area contributed by atoms with Crippen LogP contribution in [0, 0.1) is 19.8 Å².